The van der Waals surface area contributed by atoms with Gasteiger partial charge in [-0.05, 0) is 57.5 Å². The standard InChI is InChI=1S/C18H30N4O2S/c1-3-21(14-6-7-15-16(11-14)25-17(19)20-15)10-8-13-5-4-9-22(12-13)18(23)24-2/h13-14H,3-12H2,1-2H3,(H2,19,20). The first-order valence-corrected chi connectivity index (χ1v) is 10.2. The number of anilines is 1. The minimum atomic E-state index is -0.181. The minimum absolute atomic E-state index is 0.181. The van der Waals surface area contributed by atoms with E-state index in [2.05, 4.69) is 16.8 Å². The number of aryl methyl sites for hydroxylation is 1. The topological polar surface area (TPSA) is 71.7 Å². The predicted octanol–water partition coefficient (Wildman–Crippen LogP) is 2.77. The van der Waals surface area contributed by atoms with Gasteiger partial charge in [0.25, 0.3) is 0 Å². The molecular formula is C18H30N4O2S. The molecule has 0 aromatic carbocycles. The Morgan fingerprint density at radius 1 is 1.48 bits per heavy atom. The van der Waals surface area contributed by atoms with Crippen molar-refractivity contribution in [2.75, 3.05) is 39.0 Å². The van der Waals surface area contributed by atoms with Crippen LogP contribution in [0.3, 0.4) is 0 Å². The Bertz CT molecular complexity index is 592. The second kappa shape index (κ2) is 8.36. The van der Waals surface area contributed by atoms with Crippen molar-refractivity contribution in [1.82, 2.24) is 14.8 Å². The number of ether oxygens (including phenoxy) is 1. The maximum atomic E-state index is 11.8. The zero-order valence-corrected chi connectivity index (χ0v) is 16.2. The van der Waals surface area contributed by atoms with Gasteiger partial charge in [-0.1, -0.05) is 6.92 Å². The molecule has 2 N–H and O–H groups in total. The summed E-state index contributed by atoms with van der Waals surface area (Å²) < 4.78 is 4.88. The lowest BCUT2D eigenvalue weighted by molar-refractivity contribution is 0.0949. The fraction of sp³-hybridized carbons (Fsp3) is 0.778. The summed E-state index contributed by atoms with van der Waals surface area (Å²) in [6.07, 6.45) is 6.56. The summed E-state index contributed by atoms with van der Waals surface area (Å²) in [6, 6.07) is 0.595. The monoisotopic (exact) mass is 366 g/mol. The highest BCUT2D eigenvalue weighted by Gasteiger charge is 2.28. The molecule has 1 aromatic heterocycles. The third kappa shape index (κ3) is 4.44. The van der Waals surface area contributed by atoms with Gasteiger partial charge in [0, 0.05) is 24.0 Å². The average molecular weight is 367 g/mol. The third-order valence-corrected chi connectivity index (χ3v) is 6.58. The van der Waals surface area contributed by atoms with E-state index in [4.69, 9.17) is 10.5 Å². The van der Waals surface area contributed by atoms with E-state index in [-0.39, 0.29) is 6.09 Å². The molecule has 0 saturated carbocycles. The zero-order chi connectivity index (χ0) is 17.8. The average Bonchev–Trinajstić information content (AvgIpc) is 3.01. The summed E-state index contributed by atoms with van der Waals surface area (Å²) >= 11 is 1.66. The number of aromatic nitrogens is 1. The Morgan fingerprint density at radius 2 is 2.32 bits per heavy atom. The Morgan fingerprint density at radius 3 is 3.08 bits per heavy atom. The number of rotatable bonds is 5. The third-order valence-electron chi connectivity index (χ3n) is 5.63. The summed E-state index contributed by atoms with van der Waals surface area (Å²) in [6.45, 7) is 6.09. The van der Waals surface area contributed by atoms with Gasteiger partial charge < -0.3 is 20.3 Å². The van der Waals surface area contributed by atoms with Crippen molar-refractivity contribution in [2.45, 2.75) is 51.5 Å². The van der Waals surface area contributed by atoms with Gasteiger partial charge >= 0.3 is 6.09 Å². The van der Waals surface area contributed by atoms with E-state index in [0.29, 0.717) is 17.1 Å². The van der Waals surface area contributed by atoms with Gasteiger partial charge in [0.1, 0.15) is 0 Å². The Balaban J connectivity index is 1.52. The number of likely N-dealkylation sites (tertiary alicyclic amines) is 1. The summed E-state index contributed by atoms with van der Waals surface area (Å²) in [5.41, 5.74) is 7.09. The van der Waals surface area contributed by atoms with Crippen LogP contribution < -0.4 is 5.73 Å². The predicted molar refractivity (Wildman–Crippen MR) is 101 cm³/mol. The van der Waals surface area contributed by atoms with E-state index in [1.165, 1.54) is 30.5 Å². The number of nitrogens with zero attached hydrogens (tertiary/aromatic N) is 3. The number of hydrogen-bond donors (Lipinski definition) is 1. The van der Waals surface area contributed by atoms with Crippen LogP contribution in [0, 0.1) is 5.92 Å². The van der Waals surface area contributed by atoms with Crippen LogP contribution in [0.25, 0.3) is 0 Å². The molecular weight excluding hydrogens is 336 g/mol. The SMILES string of the molecule is CCN(CCC1CCCN(C(=O)OC)C1)C1CCc2nc(N)sc2C1. The molecule has 1 aliphatic carbocycles. The number of carbonyl (C=O) groups is 1. The van der Waals surface area contributed by atoms with Gasteiger partial charge in [0.15, 0.2) is 5.13 Å². The first kappa shape index (κ1) is 18.5. The number of amides is 1. The molecule has 1 saturated heterocycles. The number of hydrogen-bond acceptors (Lipinski definition) is 6. The summed E-state index contributed by atoms with van der Waals surface area (Å²) in [5, 5.41) is 0.707. The molecule has 6 nitrogen and oxygen atoms in total. The maximum absolute atomic E-state index is 11.8. The molecule has 0 spiro atoms. The molecule has 2 atom stereocenters. The number of nitrogen functional groups attached to an aromatic ring is 1. The van der Waals surface area contributed by atoms with Crippen LogP contribution >= 0.6 is 11.3 Å². The smallest absolute Gasteiger partial charge is 0.409 e. The number of carbonyl (C=O) groups excluding carboxylic acids is 1. The van der Waals surface area contributed by atoms with Crippen LogP contribution in [0.15, 0.2) is 0 Å². The molecule has 3 rings (SSSR count). The molecule has 1 amide bonds. The van der Waals surface area contributed by atoms with E-state index < -0.39 is 0 Å². The van der Waals surface area contributed by atoms with Crippen LogP contribution in [0.1, 0.15) is 43.2 Å². The van der Waals surface area contributed by atoms with E-state index in [1.54, 1.807) is 11.3 Å². The molecule has 0 bridgehead atoms. The fourth-order valence-electron chi connectivity index (χ4n) is 4.23. The number of likely N-dealkylation sites (N-methyl/N-ethyl adjacent to an activating group) is 1. The van der Waals surface area contributed by atoms with Crippen LogP contribution in [0.5, 0.6) is 0 Å². The van der Waals surface area contributed by atoms with Crippen molar-refractivity contribution in [2.24, 2.45) is 5.92 Å². The quantitative estimate of drug-likeness (QED) is 0.867. The molecule has 0 radical (unpaired) electrons. The Labute approximate surface area is 154 Å². The molecule has 1 aromatic rings. The summed E-state index contributed by atoms with van der Waals surface area (Å²) in [7, 11) is 1.47. The number of fused-ring (bicyclic) bond motifs is 1. The van der Waals surface area contributed by atoms with Crippen molar-refractivity contribution in [3.05, 3.63) is 10.6 Å². The van der Waals surface area contributed by atoms with Crippen molar-refractivity contribution in [1.29, 1.82) is 0 Å². The van der Waals surface area contributed by atoms with E-state index in [0.717, 1.165) is 51.9 Å². The van der Waals surface area contributed by atoms with Gasteiger partial charge in [-0.25, -0.2) is 9.78 Å². The molecule has 140 valence electrons. The van der Waals surface area contributed by atoms with Crippen LogP contribution in [-0.4, -0.2) is 60.2 Å². The molecule has 1 aliphatic heterocycles. The molecule has 25 heavy (non-hydrogen) atoms. The maximum Gasteiger partial charge on any atom is 0.409 e. The number of thiazole rings is 1. The minimum Gasteiger partial charge on any atom is -0.453 e. The number of methoxy groups -OCH3 is 1. The van der Waals surface area contributed by atoms with E-state index in [9.17, 15) is 4.79 Å². The van der Waals surface area contributed by atoms with Gasteiger partial charge in [-0.2, -0.15) is 0 Å². The normalized spacial score (nSPS) is 23.6. The second-order valence-corrected chi connectivity index (χ2v) is 8.28. The fourth-order valence-corrected chi connectivity index (χ4v) is 5.18. The summed E-state index contributed by atoms with van der Waals surface area (Å²) in [5.74, 6) is 0.583. The van der Waals surface area contributed by atoms with Crippen molar-refractivity contribution in [3.63, 3.8) is 0 Å². The lowest BCUT2D eigenvalue weighted by Gasteiger charge is -2.36. The van der Waals surface area contributed by atoms with Gasteiger partial charge in [-0.15, -0.1) is 11.3 Å². The van der Waals surface area contributed by atoms with Crippen LogP contribution in [0.4, 0.5) is 9.93 Å². The first-order valence-electron chi connectivity index (χ1n) is 9.41. The largest absolute Gasteiger partial charge is 0.453 e. The highest BCUT2D eigenvalue weighted by atomic mass is 32.1. The lowest BCUT2D eigenvalue weighted by atomic mass is 9.93. The molecule has 7 heteroatoms. The van der Waals surface area contributed by atoms with Gasteiger partial charge in [0.2, 0.25) is 0 Å². The van der Waals surface area contributed by atoms with Gasteiger partial charge in [0.05, 0.1) is 12.8 Å². The first-order chi connectivity index (χ1) is 12.1. The molecule has 2 unspecified atom stereocenters. The number of nitrogens with two attached hydrogens (primary N) is 1. The molecule has 1 fully saturated rings. The van der Waals surface area contributed by atoms with Crippen molar-refractivity contribution < 1.29 is 9.53 Å². The second-order valence-electron chi connectivity index (χ2n) is 7.16. The number of piperidine rings is 1. The van der Waals surface area contributed by atoms with Crippen LogP contribution in [-0.2, 0) is 17.6 Å². The van der Waals surface area contributed by atoms with Crippen molar-refractivity contribution in [3.8, 4) is 0 Å². The zero-order valence-electron chi connectivity index (χ0n) is 15.4. The van der Waals surface area contributed by atoms with Crippen molar-refractivity contribution >= 4 is 22.6 Å². The van der Waals surface area contributed by atoms with E-state index in [1.807, 2.05) is 4.90 Å². The highest BCUT2D eigenvalue weighted by molar-refractivity contribution is 7.15. The van der Waals surface area contributed by atoms with E-state index >= 15 is 0 Å². The highest BCUT2D eigenvalue weighted by Crippen LogP contribution is 2.30. The van der Waals surface area contributed by atoms with Crippen LogP contribution in [0.2, 0.25) is 0 Å². The molecule has 2 aliphatic rings. The Hall–Kier alpha value is -1.34. The van der Waals surface area contributed by atoms with Gasteiger partial charge in [-0.3, -0.25) is 0 Å². The molecule has 2 heterocycles. The summed E-state index contributed by atoms with van der Waals surface area (Å²) in [4.78, 5) is 22.0. The Kier molecular flexibility index (Phi) is 6.17. The lowest BCUT2D eigenvalue weighted by Crippen LogP contribution is -2.43.